The van der Waals surface area contributed by atoms with Gasteiger partial charge in [-0.1, -0.05) is 25.5 Å². The first-order valence-electron chi connectivity index (χ1n) is 4.73. The van der Waals surface area contributed by atoms with Crippen LogP contribution in [0.2, 0.25) is 0 Å². The van der Waals surface area contributed by atoms with E-state index in [4.69, 9.17) is 0 Å². The molecule has 13 heavy (non-hydrogen) atoms. The van der Waals surface area contributed by atoms with Gasteiger partial charge in [0.05, 0.1) is 6.67 Å². The fraction of sp³-hybridized carbons (Fsp3) is 0.700. The van der Waals surface area contributed by atoms with Crippen LogP contribution < -0.4 is 5.32 Å². The van der Waals surface area contributed by atoms with E-state index < -0.39 is 0 Å². The Labute approximate surface area is 80.8 Å². The zero-order valence-corrected chi connectivity index (χ0v) is 8.84. The minimum atomic E-state index is 0.0843. The molecule has 0 radical (unpaired) electrons. The normalized spacial score (nSPS) is 11.1. The Balaban J connectivity index is 3.40. The van der Waals surface area contributed by atoms with Gasteiger partial charge in [-0.15, -0.1) is 0 Å². The molecule has 0 fully saturated rings. The van der Waals surface area contributed by atoms with Crippen LogP contribution in [0, 0.1) is 0 Å². The van der Waals surface area contributed by atoms with Crippen molar-refractivity contribution >= 4 is 5.91 Å². The molecule has 0 bridgehead atoms. The third-order valence-corrected chi connectivity index (χ3v) is 1.52. The molecular weight excluding hydrogens is 164 g/mol. The molecule has 0 aromatic carbocycles. The average Bonchev–Trinajstić information content (AvgIpc) is 2.09. The van der Waals surface area contributed by atoms with Crippen molar-refractivity contribution < 1.29 is 4.79 Å². The fourth-order valence-corrected chi connectivity index (χ4v) is 0.793. The lowest BCUT2D eigenvalue weighted by Gasteiger charge is -2.09. The molecule has 76 valence electrons. The van der Waals surface area contributed by atoms with Crippen LogP contribution in [0.1, 0.15) is 26.2 Å². The second-order valence-electron chi connectivity index (χ2n) is 3.30. The van der Waals surface area contributed by atoms with Gasteiger partial charge in [-0.3, -0.25) is 9.69 Å². The van der Waals surface area contributed by atoms with Crippen LogP contribution in [0.25, 0.3) is 0 Å². The number of nitrogens with one attached hydrogen (secondary N) is 1. The summed E-state index contributed by atoms with van der Waals surface area (Å²) in [5.74, 6) is 0.0843. The van der Waals surface area contributed by atoms with Gasteiger partial charge in [0.2, 0.25) is 5.91 Å². The van der Waals surface area contributed by atoms with Crippen LogP contribution in [0.15, 0.2) is 12.2 Å². The molecule has 0 saturated heterocycles. The highest BCUT2D eigenvalue weighted by atomic mass is 16.1. The Morgan fingerprint density at radius 3 is 2.62 bits per heavy atom. The number of carbonyl (C=O) groups excluding carboxylic acids is 1. The monoisotopic (exact) mass is 184 g/mol. The molecule has 3 nitrogen and oxygen atoms in total. The summed E-state index contributed by atoms with van der Waals surface area (Å²) in [4.78, 5) is 13.0. The minimum absolute atomic E-state index is 0.0843. The zero-order chi connectivity index (χ0) is 10.1. The molecule has 0 unspecified atom stereocenters. The molecule has 0 atom stereocenters. The summed E-state index contributed by atoms with van der Waals surface area (Å²) in [7, 11) is 3.85. The highest BCUT2D eigenvalue weighted by molar-refractivity contribution is 5.77. The van der Waals surface area contributed by atoms with Gasteiger partial charge in [0.1, 0.15) is 0 Å². The third kappa shape index (κ3) is 9.08. The number of unbranched alkanes of at least 4 members (excludes halogenated alkanes) is 1. The lowest BCUT2D eigenvalue weighted by molar-refractivity contribution is -0.120. The van der Waals surface area contributed by atoms with Crippen molar-refractivity contribution in [3.05, 3.63) is 12.2 Å². The van der Waals surface area contributed by atoms with E-state index in [1.54, 1.807) is 0 Å². The zero-order valence-electron chi connectivity index (χ0n) is 8.84. The molecule has 0 aliphatic carbocycles. The smallest absolute Gasteiger partial charge is 0.224 e. The van der Waals surface area contributed by atoms with Crippen LogP contribution in [-0.2, 0) is 4.79 Å². The van der Waals surface area contributed by atoms with Crippen molar-refractivity contribution in [1.82, 2.24) is 10.2 Å². The van der Waals surface area contributed by atoms with E-state index >= 15 is 0 Å². The summed E-state index contributed by atoms with van der Waals surface area (Å²) >= 11 is 0. The van der Waals surface area contributed by atoms with E-state index in [9.17, 15) is 4.79 Å². The first-order chi connectivity index (χ1) is 6.16. The maximum absolute atomic E-state index is 11.1. The molecule has 0 aromatic rings. The lowest BCUT2D eigenvalue weighted by Crippen LogP contribution is -2.32. The molecule has 0 spiro atoms. The van der Waals surface area contributed by atoms with Gasteiger partial charge in [0.25, 0.3) is 0 Å². The third-order valence-electron chi connectivity index (χ3n) is 1.52. The first kappa shape index (κ1) is 12.2. The van der Waals surface area contributed by atoms with E-state index in [1.165, 1.54) is 0 Å². The number of nitrogens with zero attached hydrogens (tertiary/aromatic N) is 1. The predicted octanol–water partition coefficient (Wildman–Crippen LogP) is 1.37. The number of hydrogen-bond acceptors (Lipinski definition) is 2. The number of amides is 1. The first-order valence-corrected chi connectivity index (χ1v) is 4.73. The molecule has 3 heteroatoms. The van der Waals surface area contributed by atoms with Gasteiger partial charge in [0, 0.05) is 6.42 Å². The van der Waals surface area contributed by atoms with Gasteiger partial charge in [-0.2, -0.15) is 0 Å². The molecule has 0 rings (SSSR count). The maximum atomic E-state index is 11.1. The lowest BCUT2D eigenvalue weighted by atomic mass is 10.3. The van der Waals surface area contributed by atoms with Gasteiger partial charge >= 0.3 is 0 Å². The van der Waals surface area contributed by atoms with E-state index in [-0.39, 0.29) is 5.91 Å². The van der Waals surface area contributed by atoms with E-state index in [0.29, 0.717) is 13.1 Å². The minimum Gasteiger partial charge on any atom is -0.343 e. The second-order valence-corrected chi connectivity index (χ2v) is 3.30. The Kier molecular flexibility index (Phi) is 7.30. The summed E-state index contributed by atoms with van der Waals surface area (Å²) in [5.41, 5.74) is 0. The van der Waals surface area contributed by atoms with Crippen molar-refractivity contribution in [2.75, 3.05) is 20.8 Å². The fourth-order valence-electron chi connectivity index (χ4n) is 0.793. The maximum Gasteiger partial charge on any atom is 0.224 e. The van der Waals surface area contributed by atoms with Crippen LogP contribution in [0.4, 0.5) is 0 Å². The molecule has 1 amide bonds. The quantitative estimate of drug-likeness (QED) is 0.499. The van der Waals surface area contributed by atoms with Crippen LogP contribution >= 0.6 is 0 Å². The molecular formula is C10H20N2O. The van der Waals surface area contributed by atoms with Crippen molar-refractivity contribution in [1.29, 1.82) is 0 Å². The number of carbonyl (C=O) groups is 1. The molecule has 0 heterocycles. The van der Waals surface area contributed by atoms with E-state index in [0.717, 1.165) is 12.8 Å². The van der Waals surface area contributed by atoms with E-state index in [1.807, 2.05) is 25.1 Å². The van der Waals surface area contributed by atoms with Gasteiger partial charge in [0.15, 0.2) is 0 Å². The summed E-state index contributed by atoms with van der Waals surface area (Å²) in [6.45, 7) is 2.73. The highest BCUT2D eigenvalue weighted by Crippen LogP contribution is 1.90. The van der Waals surface area contributed by atoms with Gasteiger partial charge in [-0.25, -0.2) is 0 Å². The number of rotatable bonds is 6. The van der Waals surface area contributed by atoms with Crippen LogP contribution in [-0.4, -0.2) is 31.6 Å². The van der Waals surface area contributed by atoms with Gasteiger partial charge in [-0.05, 0) is 20.5 Å². The predicted molar refractivity (Wildman–Crippen MR) is 55.4 cm³/mol. The Morgan fingerprint density at radius 1 is 1.38 bits per heavy atom. The number of allylic oxidation sites excluding steroid dienone is 1. The number of hydrogen-bond donors (Lipinski definition) is 1. The summed E-state index contributed by atoms with van der Waals surface area (Å²) < 4.78 is 0. The van der Waals surface area contributed by atoms with Crippen molar-refractivity contribution in [2.24, 2.45) is 0 Å². The van der Waals surface area contributed by atoms with Gasteiger partial charge < -0.3 is 5.32 Å². The topological polar surface area (TPSA) is 32.3 Å². The Morgan fingerprint density at radius 2 is 2.08 bits per heavy atom. The highest BCUT2D eigenvalue weighted by Gasteiger charge is 1.96. The van der Waals surface area contributed by atoms with Crippen molar-refractivity contribution in [2.45, 2.75) is 26.2 Å². The van der Waals surface area contributed by atoms with E-state index in [2.05, 4.69) is 18.3 Å². The molecule has 0 aromatic heterocycles. The van der Waals surface area contributed by atoms with Crippen LogP contribution in [0.3, 0.4) is 0 Å². The largest absolute Gasteiger partial charge is 0.343 e. The van der Waals surface area contributed by atoms with Crippen molar-refractivity contribution in [3.8, 4) is 0 Å². The standard InChI is InChI=1S/C10H20N2O/c1-4-5-6-7-8-10(13)11-9-12(2)3/h6-7H,4-5,8-9H2,1-3H3,(H,11,13)/b7-6+. The summed E-state index contributed by atoms with van der Waals surface area (Å²) in [6.07, 6.45) is 6.66. The van der Waals surface area contributed by atoms with Crippen molar-refractivity contribution in [3.63, 3.8) is 0 Å². The summed E-state index contributed by atoms with van der Waals surface area (Å²) in [6, 6.07) is 0. The second kappa shape index (κ2) is 7.80. The average molecular weight is 184 g/mol. The molecule has 0 saturated carbocycles. The molecule has 0 aliphatic rings. The molecule has 0 aliphatic heterocycles. The summed E-state index contributed by atoms with van der Waals surface area (Å²) in [5, 5.41) is 2.79. The SMILES string of the molecule is CCC/C=C/CC(=O)NCN(C)C. The molecule has 1 N–H and O–H groups in total. The Bertz CT molecular complexity index is 164. The van der Waals surface area contributed by atoms with Crippen LogP contribution in [0.5, 0.6) is 0 Å². The Hall–Kier alpha value is -0.830.